The van der Waals surface area contributed by atoms with Crippen LogP contribution in [0.4, 0.5) is 4.39 Å². The Balaban J connectivity index is 2.01. The fraction of sp³-hybridized carbons (Fsp3) is 0.0588. The summed E-state index contributed by atoms with van der Waals surface area (Å²) < 4.78 is 40.9. The predicted molar refractivity (Wildman–Crippen MR) is 85.8 cm³/mol. The average molecular weight is 331 g/mol. The van der Waals surface area contributed by atoms with Crippen molar-refractivity contribution in [3.05, 3.63) is 66.6 Å². The van der Waals surface area contributed by atoms with Crippen LogP contribution in [-0.4, -0.2) is 20.5 Å². The molecule has 0 aliphatic heterocycles. The van der Waals surface area contributed by atoms with E-state index in [9.17, 15) is 12.8 Å². The van der Waals surface area contributed by atoms with Gasteiger partial charge in [-0.1, -0.05) is 24.3 Å². The van der Waals surface area contributed by atoms with Gasteiger partial charge in [-0.05, 0) is 41.5 Å². The van der Waals surface area contributed by atoms with Crippen LogP contribution in [0.25, 0.3) is 22.4 Å². The summed E-state index contributed by atoms with van der Waals surface area (Å²) in [6.45, 7) is 0. The molecular formula is C17H14FNO3S. The van der Waals surface area contributed by atoms with Crippen LogP contribution in [0.3, 0.4) is 0 Å². The molecule has 2 aromatic carbocycles. The zero-order valence-corrected chi connectivity index (χ0v) is 13.1. The summed E-state index contributed by atoms with van der Waals surface area (Å²) >= 11 is 0. The Hall–Kier alpha value is -2.44. The minimum atomic E-state index is -3.70. The molecule has 0 spiro atoms. The van der Waals surface area contributed by atoms with E-state index in [0.29, 0.717) is 0 Å². The molecule has 4 nitrogen and oxygen atoms in total. The Labute approximate surface area is 133 Å². The minimum absolute atomic E-state index is 0.0960. The molecule has 0 aliphatic rings. The number of rotatable bonds is 4. The molecule has 6 heteroatoms. The van der Waals surface area contributed by atoms with Gasteiger partial charge in [-0.25, -0.2) is 4.39 Å². The summed E-state index contributed by atoms with van der Waals surface area (Å²) in [5.41, 5.74) is 3.44. The van der Waals surface area contributed by atoms with E-state index in [4.69, 9.17) is 0 Å². The van der Waals surface area contributed by atoms with Crippen molar-refractivity contribution in [2.45, 2.75) is 4.90 Å². The largest absolute Gasteiger partial charge is 0.361 e. The lowest BCUT2D eigenvalue weighted by Crippen LogP contribution is -2.02. The van der Waals surface area contributed by atoms with E-state index in [0.717, 1.165) is 29.5 Å². The summed E-state index contributed by atoms with van der Waals surface area (Å²) in [5.74, 6) is -0.292. The standard InChI is InChI=1S/C17H14FNO3S/c1-22-23(20,21)15-8-4-13(5-9-15)17-16(10-11-19-17)12-2-6-14(18)7-3-12/h2-11,19H,1H3. The molecule has 1 aromatic heterocycles. The van der Waals surface area contributed by atoms with Crippen molar-refractivity contribution in [3.8, 4) is 22.4 Å². The quantitative estimate of drug-likeness (QED) is 0.739. The number of nitrogens with one attached hydrogen (secondary N) is 1. The van der Waals surface area contributed by atoms with Gasteiger partial charge in [-0.15, -0.1) is 0 Å². The van der Waals surface area contributed by atoms with Gasteiger partial charge in [-0.3, -0.25) is 4.18 Å². The summed E-state index contributed by atoms with van der Waals surface area (Å²) in [7, 11) is -2.58. The maximum Gasteiger partial charge on any atom is 0.296 e. The second kappa shape index (κ2) is 5.98. The second-order valence-electron chi connectivity index (χ2n) is 4.92. The monoisotopic (exact) mass is 331 g/mol. The highest BCUT2D eigenvalue weighted by atomic mass is 32.2. The first-order chi connectivity index (χ1) is 11.0. The number of hydrogen-bond donors (Lipinski definition) is 1. The van der Waals surface area contributed by atoms with Gasteiger partial charge in [0.05, 0.1) is 17.7 Å². The van der Waals surface area contributed by atoms with Gasteiger partial charge in [-0.2, -0.15) is 8.42 Å². The van der Waals surface area contributed by atoms with Crippen LogP contribution in [-0.2, 0) is 14.3 Å². The lowest BCUT2D eigenvalue weighted by atomic mass is 10.0. The van der Waals surface area contributed by atoms with Crippen LogP contribution in [0.2, 0.25) is 0 Å². The lowest BCUT2D eigenvalue weighted by molar-refractivity contribution is 0.398. The van der Waals surface area contributed by atoms with E-state index in [1.54, 1.807) is 30.5 Å². The third kappa shape index (κ3) is 3.04. The highest BCUT2D eigenvalue weighted by molar-refractivity contribution is 7.86. The molecule has 1 N–H and O–H groups in total. The second-order valence-corrected chi connectivity index (χ2v) is 6.63. The van der Waals surface area contributed by atoms with Gasteiger partial charge >= 0.3 is 0 Å². The van der Waals surface area contributed by atoms with E-state index in [2.05, 4.69) is 9.17 Å². The Morgan fingerprint density at radius 2 is 1.52 bits per heavy atom. The average Bonchev–Trinajstić information content (AvgIpc) is 3.05. The normalized spacial score (nSPS) is 11.6. The van der Waals surface area contributed by atoms with Gasteiger partial charge in [0, 0.05) is 11.8 Å². The fourth-order valence-electron chi connectivity index (χ4n) is 2.36. The first kappa shape index (κ1) is 15.5. The molecular weight excluding hydrogens is 317 g/mol. The smallest absolute Gasteiger partial charge is 0.296 e. The number of halogens is 1. The first-order valence-electron chi connectivity index (χ1n) is 6.85. The molecule has 0 atom stereocenters. The van der Waals surface area contributed by atoms with Crippen molar-refractivity contribution in [3.63, 3.8) is 0 Å². The van der Waals surface area contributed by atoms with Gasteiger partial charge in [0.2, 0.25) is 0 Å². The third-order valence-corrected chi connectivity index (χ3v) is 4.84. The topological polar surface area (TPSA) is 59.2 Å². The molecule has 0 unspecified atom stereocenters. The van der Waals surface area contributed by atoms with Crippen molar-refractivity contribution >= 4 is 10.1 Å². The first-order valence-corrected chi connectivity index (χ1v) is 8.26. The molecule has 0 radical (unpaired) electrons. The Bertz CT molecular complexity index is 913. The Kier molecular flexibility index (Phi) is 4.02. The fourth-order valence-corrected chi connectivity index (χ4v) is 3.02. The van der Waals surface area contributed by atoms with Crippen molar-refractivity contribution in [2.75, 3.05) is 7.11 Å². The van der Waals surface area contributed by atoms with Crippen LogP contribution in [0.5, 0.6) is 0 Å². The zero-order chi connectivity index (χ0) is 16.4. The number of hydrogen-bond acceptors (Lipinski definition) is 3. The van der Waals surface area contributed by atoms with E-state index < -0.39 is 10.1 Å². The van der Waals surface area contributed by atoms with E-state index in [-0.39, 0.29) is 10.7 Å². The molecule has 3 rings (SSSR count). The molecule has 0 fully saturated rings. The van der Waals surface area contributed by atoms with E-state index in [1.165, 1.54) is 24.3 Å². The molecule has 3 aromatic rings. The molecule has 0 aliphatic carbocycles. The molecule has 1 heterocycles. The Morgan fingerprint density at radius 3 is 2.13 bits per heavy atom. The van der Waals surface area contributed by atoms with Crippen molar-refractivity contribution in [1.29, 1.82) is 0 Å². The van der Waals surface area contributed by atoms with Crippen molar-refractivity contribution in [1.82, 2.24) is 4.98 Å². The maximum atomic E-state index is 13.1. The number of benzene rings is 2. The Morgan fingerprint density at radius 1 is 0.913 bits per heavy atom. The third-order valence-electron chi connectivity index (χ3n) is 3.55. The minimum Gasteiger partial charge on any atom is -0.361 e. The van der Waals surface area contributed by atoms with E-state index in [1.807, 2.05) is 6.07 Å². The molecule has 0 saturated carbocycles. The zero-order valence-electron chi connectivity index (χ0n) is 12.3. The van der Waals surface area contributed by atoms with Crippen LogP contribution in [0.1, 0.15) is 0 Å². The molecule has 0 amide bonds. The van der Waals surface area contributed by atoms with Crippen LogP contribution >= 0.6 is 0 Å². The van der Waals surface area contributed by atoms with Gasteiger partial charge in [0.1, 0.15) is 5.82 Å². The molecule has 23 heavy (non-hydrogen) atoms. The van der Waals surface area contributed by atoms with Crippen molar-refractivity contribution in [2.24, 2.45) is 0 Å². The SMILES string of the molecule is COS(=O)(=O)c1ccc(-c2[nH]ccc2-c2ccc(F)cc2)cc1. The van der Waals surface area contributed by atoms with Crippen molar-refractivity contribution < 1.29 is 17.0 Å². The van der Waals surface area contributed by atoms with Gasteiger partial charge in [0.25, 0.3) is 10.1 Å². The number of aromatic amines is 1. The summed E-state index contributed by atoms with van der Waals surface area (Å²) in [6, 6.07) is 14.5. The molecule has 118 valence electrons. The summed E-state index contributed by atoms with van der Waals surface area (Å²) in [6.07, 6.45) is 1.79. The van der Waals surface area contributed by atoms with Crippen LogP contribution < -0.4 is 0 Å². The number of H-pyrrole nitrogens is 1. The van der Waals surface area contributed by atoms with Crippen LogP contribution in [0.15, 0.2) is 65.7 Å². The predicted octanol–water partition coefficient (Wildman–Crippen LogP) is 3.82. The lowest BCUT2D eigenvalue weighted by Gasteiger charge is -2.06. The van der Waals surface area contributed by atoms with Gasteiger partial charge in [0.15, 0.2) is 0 Å². The maximum absolute atomic E-state index is 13.1. The van der Waals surface area contributed by atoms with E-state index >= 15 is 0 Å². The highest BCUT2D eigenvalue weighted by Crippen LogP contribution is 2.31. The molecule has 0 bridgehead atoms. The van der Waals surface area contributed by atoms with Crippen LogP contribution in [0, 0.1) is 5.82 Å². The summed E-state index contributed by atoms with van der Waals surface area (Å²) in [4.78, 5) is 3.23. The summed E-state index contributed by atoms with van der Waals surface area (Å²) in [5, 5.41) is 0. The number of aromatic nitrogens is 1. The van der Waals surface area contributed by atoms with Gasteiger partial charge < -0.3 is 4.98 Å². The molecule has 0 saturated heterocycles. The highest BCUT2D eigenvalue weighted by Gasteiger charge is 2.14.